The molecule has 26 heavy (non-hydrogen) atoms. The Morgan fingerprint density at radius 3 is 2.73 bits per heavy atom. The molecule has 130 valence electrons. The number of rotatable bonds is 4. The molecule has 0 radical (unpaired) electrons. The normalized spacial score (nSPS) is 11.0. The number of fused-ring (bicyclic) bond motifs is 1. The van der Waals surface area contributed by atoms with Gasteiger partial charge in [-0.2, -0.15) is 14.3 Å². The highest BCUT2D eigenvalue weighted by atomic mass is 79.9. The fourth-order valence-corrected chi connectivity index (χ4v) is 2.97. The summed E-state index contributed by atoms with van der Waals surface area (Å²) in [6.07, 6.45) is 4.52. The van der Waals surface area contributed by atoms with Crippen molar-refractivity contribution in [1.82, 2.24) is 14.6 Å². The average molecular weight is 414 g/mol. The molecule has 0 aliphatic carbocycles. The molecule has 0 aliphatic rings. The Morgan fingerprint density at radius 2 is 1.96 bits per heavy atom. The van der Waals surface area contributed by atoms with E-state index >= 15 is 0 Å². The van der Waals surface area contributed by atoms with E-state index in [0.717, 1.165) is 10.3 Å². The summed E-state index contributed by atoms with van der Waals surface area (Å²) in [7, 11) is 0. The predicted octanol–water partition coefficient (Wildman–Crippen LogP) is 3.54. The van der Waals surface area contributed by atoms with E-state index < -0.39 is 0 Å². The molecule has 0 saturated heterocycles. The summed E-state index contributed by atoms with van der Waals surface area (Å²) >= 11 is 3.43. The molecular weight excluding hydrogens is 401 g/mol. The third kappa shape index (κ3) is 3.11. The second kappa shape index (κ2) is 6.72. The summed E-state index contributed by atoms with van der Waals surface area (Å²) in [5.74, 6) is 0.326. The van der Waals surface area contributed by atoms with E-state index in [9.17, 15) is 9.60 Å². The fourth-order valence-electron chi connectivity index (χ4n) is 2.62. The summed E-state index contributed by atoms with van der Waals surface area (Å²) in [4.78, 5) is 4.52. The van der Waals surface area contributed by atoms with Gasteiger partial charge in [0.1, 0.15) is 11.6 Å². The number of pyridine rings is 1. The van der Waals surface area contributed by atoms with Gasteiger partial charge in [0.2, 0.25) is 0 Å². The summed E-state index contributed by atoms with van der Waals surface area (Å²) < 4.78 is 17.3. The van der Waals surface area contributed by atoms with Gasteiger partial charge in [-0.15, -0.1) is 0 Å². The molecule has 0 bridgehead atoms. The van der Waals surface area contributed by atoms with E-state index in [1.54, 1.807) is 47.1 Å². The lowest BCUT2D eigenvalue weighted by Crippen LogP contribution is -2.24. The lowest BCUT2D eigenvalue weighted by Gasteiger charge is -2.11. The molecule has 0 fully saturated rings. The van der Waals surface area contributed by atoms with E-state index in [0.29, 0.717) is 33.7 Å². The highest BCUT2D eigenvalue weighted by Crippen LogP contribution is 2.27. The smallest absolute Gasteiger partial charge is 0.180 e. The van der Waals surface area contributed by atoms with Crippen molar-refractivity contribution in [2.24, 2.45) is 0 Å². The van der Waals surface area contributed by atoms with Crippen LogP contribution in [-0.2, 0) is 6.54 Å². The molecule has 0 unspecified atom stereocenters. The fraction of sp³-hybridized carbons (Fsp3) is 0.0556. The maximum atomic E-state index is 14.2. The number of halogens is 2. The minimum absolute atomic E-state index is 0.339. The van der Waals surface area contributed by atoms with Gasteiger partial charge in [-0.3, -0.25) is 0 Å². The quantitative estimate of drug-likeness (QED) is 0.410. The number of benzene rings is 1. The monoisotopic (exact) mass is 413 g/mol. The molecule has 0 spiro atoms. The van der Waals surface area contributed by atoms with Crippen LogP contribution in [0.15, 0.2) is 65.5 Å². The summed E-state index contributed by atoms with van der Waals surface area (Å²) in [5.41, 5.74) is 2.43. The van der Waals surface area contributed by atoms with Gasteiger partial charge in [-0.1, -0.05) is 12.1 Å². The zero-order valence-electron chi connectivity index (χ0n) is 13.4. The molecule has 0 saturated carbocycles. The lowest BCUT2D eigenvalue weighted by atomic mass is 10.1. The van der Waals surface area contributed by atoms with E-state index in [2.05, 4.69) is 31.3 Å². The predicted molar refractivity (Wildman–Crippen MR) is 98.8 cm³/mol. The van der Waals surface area contributed by atoms with Crippen molar-refractivity contribution in [2.75, 3.05) is 5.32 Å². The van der Waals surface area contributed by atoms with E-state index in [4.69, 9.17) is 0 Å². The number of nitrogens with zero attached hydrogens (tertiary/aromatic N) is 4. The standard InChI is InChI=1S/C18H13BrFN5O/c19-14-11-22-25-17(21-10-12-5-7-24(26)8-6-12)9-16(23-18(14)25)13-3-1-2-4-15(13)20/h1-9,11,21H,10H2. The Morgan fingerprint density at radius 1 is 1.19 bits per heavy atom. The van der Waals surface area contributed by atoms with Gasteiger partial charge < -0.3 is 10.5 Å². The zero-order chi connectivity index (χ0) is 18.1. The van der Waals surface area contributed by atoms with Crippen molar-refractivity contribution in [3.63, 3.8) is 0 Å². The summed E-state index contributed by atoms with van der Waals surface area (Å²) in [6.45, 7) is 0.480. The van der Waals surface area contributed by atoms with Crippen LogP contribution in [-0.4, -0.2) is 14.6 Å². The van der Waals surface area contributed by atoms with Crippen LogP contribution in [0.25, 0.3) is 16.9 Å². The molecule has 0 amide bonds. The number of aromatic nitrogens is 4. The van der Waals surface area contributed by atoms with Crippen LogP contribution >= 0.6 is 15.9 Å². The second-order valence-electron chi connectivity index (χ2n) is 5.65. The van der Waals surface area contributed by atoms with Crippen LogP contribution in [0.1, 0.15) is 5.56 Å². The molecule has 0 atom stereocenters. The first-order valence-corrected chi connectivity index (χ1v) is 8.62. The van der Waals surface area contributed by atoms with Crippen LogP contribution in [0.5, 0.6) is 0 Å². The maximum Gasteiger partial charge on any atom is 0.180 e. The van der Waals surface area contributed by atoms with E-state index in [1.165, 1.54) is 18.5 Å². The first kappa shape index (κ1) is 16.5. The van der Waals surface area contributed by atoms with Gasteiger partial charge in [0.05, 0.1) is 16.4 Å². The molecule has 1 N–H and O–H groups in total. The SMILES string of the molecule is [O-][n+]1ccc(CNc2cc(-c3ccccc3F)nc3c(Br)cnn23)cc1. The van der Waals surface area contributed by atoms with Crippen molar-refractivity contribution in [3.8, 4) is 11.3 Å². The zero-order valence-corrected chi connectivity index (χ0v) is 15.0. The lowest BCUT2D eigenvalue weighted by molar-refractivity contribution is -0.605. The van der Waals surface area contributed by atoms with Crippen molar-refractivity contribution in [1.29, 1.82) is 0 Å². The van der Waals surface area contributed by atoms with Crippen LogP contribution in [0.3, 0.4) is 0 Å². The number of hydrogen-bond donors (Lipinski definition) is 1. The van der Waals surface area contributed by atoms with Crippen molar-refractivity contribution in [2.45, 2.75) is 6.54 Å². The van der Waals surface area contributed by atoms with Crippen LogP contribution in [0.4, 0.5) is 10.2 Å². The van der Waals surface area contributed by atoms with Gasteiger partial charge >= 0.3 is 0 Å². The Balaban J connectivity index is 1.75. The third-order valence-corrected chi connectivity index (χ3v) is 4.48. The molecule has 4 rings (SSSR count). The second-order valence-corrected chi connectivity index (χ2v) is 6.51. The van der Waals surface area contributed by atoms with Crippen molar-refractivity contribution < 1.29 is 9.12 Å². The first-order valence-electron chi connectivity index (χ1n) is 7.82. The van der Waals surface area contributed by atoms with Gasteiger partial charge in [-0.25, -0.2) is 9.37 Å². The number of anilines is 1. The molecule has 4 aromatic rings. The number of nitrogens with one attached hydrogen (secondary N) is 1. The highest BCUT2D eigenvalue weighted by molar-refractivity contribution is 9.10. The topological polar surface area (TPSA) is 69.2 Å². The van der Waals surface area contributed by atoms with Crippen LogP contribution in [0.2, 0.25) is 0 Å². The van der Waals surface area contributed by atoms with Gasteiger partial charge in [-0.05, 0) is 33.6 Å². The Hall–Kier alpha value is -3.00. The van der Waals surface area contributed by atoms with Crippen LogP contribution < -0.4 is 10.0 Å². The molecular formula is C18H13BrFN5O. The highest BCUT2D eigenvalue weighted by Gasteiger charge is 2.13. The van der Waals surface area contributed by atoms with E-state index in [-0.39, 0.29) is 5.82 Å². The Labute approximate surface area is 156 Å². The third-order valence-electron chi connectivity index (χ3n) is 3.92. The molecule has 8 heteroatoms. The van der Waals surface area contributed by atoms with Crippen LogP contribution in [0, 0.1) is 11.0 Å². The van der Waals surface area contributed by atoms with Gasteiger partial charge in [0.15, 0.2) is 18.0 Å². The molecule has 3 heterocycles. The minimum atomic E-state index is -0.339. The van der Waals surface area contributed by atoms with Crippen molar-refractivity contribution >= 4 is 27.4 Å². The molecule has 6 nitrogen and oxygen atoms in total. The molecule has 1 aromatic carbocycles. The largest absolute Gasteiger partial charge is 0.619 e. The molecule has 0 aliphatic heterocycles. The first-order chi connectivity index (χ1) is 12.6. The Kier molecular flexibility index (Phi) is 4.26. The Bertz CT molecular complexity index is 1080. The molecule has 3 aromatic heterocycles. The minimum Gasteiger partial charge on any atom is -0.619 e. The number of hydrogen-bond acceptors (Lipinski definition) is 4. The average Bonchev–Trinajstić information content (AvgIpc) is 3.02. The summed E-state index contributed by atoms with van der Waals surface area (Å²) in [6, 6.07) is 11.7. The van der Waals surface area contributed by atoms with E-state index in [1.807, 2.05) is 0 Å². The van der Waals surface area contributed by atoms with Gasteiger partial charge in [0.25, 0.3) is 0 Å². The maximum absolute atomic E-state index is 14.2. The van der Waals surface area contributed by atoms with Crippen molar-refractivity contribution in [3.05, 3.63) is 82.1 Å². The van der Waals surface area contributed by atoms with Gasteiger partial charge in [0, 0.05) is 30.3 Å². The summed E-state index contributed by atoms with van der Waals surface area (Å²) in [5, 5.41) is 18.7.